The molecule has 1 aliphatic rings. The molecule has 208 valence electrons. The maximum atomic E-state index is 14.3. The third-order valence-corrected chi connectivity index (χ3v) is 6.50. The highest BCUT2D eigenvalue weighted by Gasteiger charge is 2.44. The molecule has 1 aliphatic carbocycles. The van der Waals surface area contributed by atoms with Crippen LogP contribution < -0.4 is 10.6 Å². The Balaban J connectivity index is 2.00. The van der Waals surface area contributed by atoms with Crippen molar-refractivity contribution in [3.8, 4) is 12.3 Å². The van der Waals surface area contributed by atoms with Gasteiger partial charge >= 0.3 is 6.09 Å². The van der Waals surface area contributed by atoms with E-state index in [1.54, 1.807) is 49.9 Å². The van der Waals surface area contributed by atoms with Crippen LogP contribution in [0.3, 0.4) is 0 Å². The molecule has 0 aliphatic heterocycles. The van der Waals surface area contributed by atoms with Crippen LogP contribution in [0, 0.1) is 12.3 Å². The fraction of sp³-hybridized carbons (Fsp3) is 0.469. The monoisotopic (exact) mass is 531 g/mol. The quantitative estimate of drug-likeness (QED) is 0.393. The summed E-state index contributed by atoms with van der Waals surface area (Å²) in [6, 6.07) is 14.7. The second kappa shape index (κ2) is 13.3. The van der Waals surface area contributed by atoms with E-state index in [9.17, 15) is 14.4 Å². The Kier molecular flexibility index (Phi) is 10.2. The van der Waals surface area contributed by atoms with Crippen LogP contribution in [0.4, 0.5) is 4.79 Å². The maximum absolute atomic E-state index is 14.3. The highest BCUT2D eigenvalue weighted by atomic mass is 16.6. The SMILES string of the molecule is C#Cc1ccc(C(C(=O)NC(C)CCC)N(C(=O)C(Cc2ccccc2)NC(=O)OC(C)(C)C)C2CC2)cc1. The molecule has 1 saturated carbocycles. The first kappa shape index (κ1) is 29.8. The van der Waals surface area contributed by atoms with E-state index in [1.165, 1.54) is 0 Å². The average Bonchev–Trinajstić information content (AvgIpc) is 3.71. The molecule has 2 aromatic rings. The maximum Gasteiger partial charge on any atom is 0.408 e. The van der Waals surface area contributed by atoms with Crippen LogP contribution in [0.5, 0.6) is 0 Å². The number of nitrogens with one attached hydrogen (secondary N) is 2. The van der Waals surface area contributed by atoms with Gasteiger partial charge in [-0.2, -0.15) is 0 Å². The molecule has 0 radical (unpaired) electrons. The number of rotatable bonds is 11. The summed E-state index contributed by atoms with van der Waals surface area (Å²) >= 11 is 0. The summed E-state index contributed by atoms with van der Waals surface area (Å²) in [7, 11) is 0. The van der Waals surface area contributed by atoms with Gasteiger partial charge < -0.3 is 20.3 Å². The van der Waals surface area contributed by atoms with Gasteiger partial charge in [-0.15, -0.1) is 6.42 Å². The number of terminal acetylenes is 1. The number of hydrogen-bond donors (Lipinski definition) is 2. The number of amides is 3. The Morgan fingerprint density at radius 3 is 2.23 bits per heavy atom. The molecule has 0 heterocycles. The van der Waals surface area contributed by atoms with Crippen LogP contribution >= 0.6 is 0 Å². The average molecular weight is 532 g/mol. The first-order valence-electron chi connectivity index (χ1n) is 13.7. The molecule has 39 heavy (non-hydrogen) atoms. The summed E-state index contributed by atoms with van der Waals surface area (Å²) in [5, 5.41) is 5.90. The predicted molar refractivity (Wildman–Crippen MR) is 153 cm³/mol. The van der Waals surface area contributed by atoms with E-state index in [1.807, 2.05) is 37.3 Å². The molecule has 3 rings (SSSR count). The predicted octanol–water partition coefficient (Wildman–Crippen LogP) is 5.14. The lowest BCUT2D eigenvalue weighted by Crippen LogP contribution is -2.55. The Morgan fingerprint density at radius 1 is 1.05 bits per heavy atom. The molecule has 3 atom stereocenters. The van der Waals surface area contributed by atoms with Crippen LogP contribution in [0.15, 0.2) is 54.6 Å². The van der Waals surface area contributed by atoms with E-state index in [2.05, 4.69) is 23.5 Å². The number of carbonyl (C=O) groups excluding carboxylic acids is 3. The summed E-state index contributed by atoms with van der Waals surface area (Å²) in [4.78, 5) is 42.6. The van der Waals surface area contributed by atoms with Gasteiger partial charge in [0, 0.05) is 24.1 Å². The minimum Gasteiger partial charge on any atom is -0.444 e. The zero-order chi connectivity index (χ0) is 28.6. The van der Waals surface area contributed by atoms with Crippen molar-refractivity contribution in [3.05, 3.63) is 71.3 Å². The molecule has 2 N–H and O–H groups in total. The molecule has 0 aromatic heterocycles. The molecule has 0 spiro atoms. The molecule has 0 bridgehead atoms. The molecule has 0 saturated heterocycles. The third kappa shape index (κ3) is 8.88. The zero-order valence-electron chi connectivity index (χ0n) is 23.7. The summed E-state index contributed by atoms with van der Waals surface area (Å²) in [5.41, 5.74) is 1.52. The largest absolute Gasteiger partial charge is 0.444 e. The van der Waals surface area contributed by atoms with Gasteiger partial charge in [0.2, 0.25) is 11.8 Å². The molecule has 7 heteroatoms. The van der Waals surface area contributed by atoms with Gasteiger partial charge in [0.1, 0.15) is 17.7 Å². The first-order valence-corrected chi connectivity index (χ1v) is 13.7. The normalized spacial score (nSPS) is 15.3. The first-order chi connectivity index (χ1) is 18.5. The fourth-order valence-corrected chi connectivity index (χ4v) is 4.58. The number of hydrogen-bond acceptors (Lipinski definition) is 4. The molecule has 3 unspecified atom stereocenters. The van der Waals surface area contributed by atoms with Crippen LogP contribution in [-0.4, -0.2) is 46.5 Å². The van der Waals surface area contributed by atoms with E-state index in [0.29, 0.717) is 11.1 Å². The summed E-state index contributed by atoms with van der Waals surface area (Å²) in [6.45, 7) is 9.35. The summed E-state index contributed by atoms with van der Waals surface area (Å²) in [6.07, 6.45) is 8.46. The Morgan fingerprint density at radius 2 is 1.69 bits per heavy atom. The standard InChI is InChI=1S/C32H41N3O4/c1-7-12-22(3)33-29(36)28(25-17-15-23(8-2)16-18-25)35(26-19-20-26)30(37)27(21-24-13-10-9-11-14-24)34-31(38)39-32(4,5)6/h2,9-11,13-18,22,26-28H,7,12,19-21H2,1,3-6H3,(H,33,36)(H,34,38). The lowest BCUT2D eigenvalue weighted by atomic mass is 9.99. The number of ether oxygens (including phenoxy) is 1. The molecule has 3 amide bonds. The molecule has 7 nitrogen and oxygen atoms in total. The topological polar surface area (TPSA) is 87.7 Å². The number of carbonyl (C=O) groups is 3. The van der Waals surface area contributed by atoms with Gasteiger partial charge in [-0.3, -0.25) is 9.59 Å². The van der Waals surface area contributed by atoms with Crippen molar-refractivity contribution in [2.45, 2.75) is 96.5 Å². The van der Waals surface area contributed by atoms with Gasteiger partial charge in [-0.1, -0.05) is 61.7 Å². The minimum atomic E-state index is -0.920. The van der Waals surface area contributed by atoms with Crippen molar-refractivity contribution in [2.75, 3.05) is 0 Å². The molecule has 1 fully saturated rings. The second-order valence-electron chi connectivity index (χ2n) is 11.2. The third-order valence-electron chi connectivity index (χ3n) is 6.50. The highest BCUT2D eigenvalue weighted by Crippen LogP contribution is 2.36. The van der Waals surface area contributed by atoms with Crippen LogP contribution in [0.2, 0.25) is 0 Å². The second-order valence-corrected chi connectivity index (χ2v) is 11.2. The van der Waals surface area contributed by atoms with Crippen molar-refractivity contribution in [1.29, 1.82) is 0 Å². The van der Waals surface area contributed by atoms with Gasteiger partial charge in [-0.05, 0) is 70.2 Å². The van der Waals surface area contributed by atoms with Crippen LogP contribution in [-0.2, 0) is 20.7 Å². The van der Waals surface area contributed by atoms with Crippen molar-refractivity contribution >= 4 is 17.9 Å². The Labute approximate surface area is 232 Å². The zero-order valence-corrected chi connectivity index (χ0v) is 23.7. The van der Waals surface area contributed by atoms with E-state index in [0.717, 1.165) is 31.2 Å². The lowest BCUT2D eigenvalue weighted by Gasteiger charge is -2.35. The van der Waals surface area contributed by atoms with Crippen molar-refractivity contribution in [1.82, 2.24) is 15.5 Å². The summed E-state index contributed by atoms with van der Waals surface area (Å²) < 4.78 is 5.49. The van der Waals surface area contributed by atoms with E-state index in [-0.39, 0.29) is 30.3 Å². The Hall–Kier alpha value is -3.79. The van der Waals surface area contributed by atoms with Gasteiger partial charge in [0.25, 0.3) is 0 Å². The fourth-order valence-electron chi connectivity index (χ4n) is 4.58. The van der Waals surface area contributed by atoms with Crippen molar-refractivity contribution in [3.63, 3.8) is 0 Å². The molecular formula is C32H41N3O4. The van der Waals surface area contributed by atoms with Gasteiger partial charge in [0.15, 0.2) is 0 Å². The highest BCUT2D eigenvalue weighted by molar-refractivity contribution is 5.93. The van der Waals surface area contributed by atoms with Crippen molar-refractivity contribution < 1.29 is 19.1 Å². The van der Waals surface area contributed by atoms with Gasteiger partial charge in [-0.25, -0.2) is 4.79 Å². The van der Waals surface area contributed by atoms with E-state index >= 15 is 0 Å². The molecular weight excluding hydrogens is 490 g/mol. The van der Waals surface area contributed by atoms with Crippen LogP contribution in [0.25, 0.3) is 0 Å². The number of alkyl carbamates (subject to hydrolysis) is 1. The molecule has 2 aromatic carbocycles. The van der Waals surface area contributed by atoms with Crippen LogP contribution in [0.1, 0.15) is 83.0 Å². The van der Waals surface area contributed by atoms with Gasteiger partial charge in [0.05, 0.1) is 0 Å². The minimum absolute atomic E-state index is 0.0499. The lowest BCUT2D eigenvalue weighted by molar-refractivity contribution is -0.143. The smallest absolute Gasteiger partial charge is 0.408 e. The number of benzene rings is 2. The van der Waals surface area contributed by atoms with Crippen molar-refractivity contribution in [2.24, 2.45) is 0 Å². The number of nitrogens with zero attached hydrogens (tertiary/aromatic N) is 1. The van der Waals surface area contributed by atoms with E-state index in [4.69, 9.17) is 11.2 Å². The summed E-state index contributed by atoms with van der Waals surface area (Å²) in [5.74, 6) is 2.03. The van der Waals surface area contributed by atoms with E-state index < -0.39 is 23.8 Å². The Bertz CT molecular complexity index is 1160.